The third kappa shape index (κ3) is 6.80. The highest BCUT2D eigenvalue weighted by atomic mass is 16.5. The molecule has 3 aromatic rings. The number of carbonyl (C=O) groups excluding carboxylic acids is 1. The minimum absolute atomic E-state index is 0.183. The molecular weight excluding hydrogens is 442 g/mol. The number of aromatic nitrogens is 1. The smallest absolute Gasteiger partial charge is 0.325 e. The van der Waals surface area contributed by atoms with Crippen LogP contribution < -0.4 is 21.1 Å². The van der Waals surface area contributed by atoms with Crippen LogP contribution in [0.4, 0.5) is 11.5 Å². The van der Waals surface area contributed by atoms with E-state index in [1.807, 2.05) is 42.5 Å². The molecule has 0 amide bonds. The van der Waals surface area contributed by atoms with Gasteiger partial charge in [0.1, 0.15) is 24.2 Å². The van der Waals surface area contributed by atoms with E-state index in [1.165, 1.54) is 11.8 Å². The summed E-state index contributed by atoms with van der Waals surface area (Å²) < 4.78 is 11.2. The molecule has 1 aliphatic rings. The molecule has 5 N–H and O–H groups in total. The van der Waals surface area contributed by atoms with Crippen molar-refractivity contribution in [2.75, 3.05) is 30.3 Å². The molecule has 1 atom stereocenters. The van der Waals surface area contributed by atoms with Gasteiger partial charge in [0, 0.05) is 42.7 Å². The van der Waals surface area contributed by atoms with Gasteiger partial charge in [0.2, 0.25) is 0 Å². The summed E-state index contributed by atoms with van der Waals surface area (Å²) >= 11 is 0. The van der Waals surface area contributed by atoms with Crippen LogP contribution in [-0.4, -0.2) is 42.9 Å². The quantitative estimate of drug-likeness (QED) is 0.248. The molecule has 0 saturated heterocycles. The van der Waals surface area contributed by atoms with Gasteiger partial charge in [-0.1, -0.05) is 36.4 Å². The molecule has 0 spiro atoms. The molecule has 2 heterocycles. The van der Waals surface area contributed by atoms with Crippen molar-refractivity contribution in [2.45, 2.75) is 31.9 Å². The average molecular weight is 474 g/mol. The number of carbonyl (C=O) groups is 1. The highest BCUT2D eigenvalue weighted by Crippen LogP contribution is 2.22. The molecule has 8 nitrogen and oxygen atoms in total. The lowest BCUT2D eigenvalue weighted by molar-refractivity contribution is -0.146. The second-order valence-corrected chi connectivity index (χ2v) is 8.41. The predicted octanol–water partition coefficient (Wildman–Crippen LogP) is 3.54. The van der Waals surface area contributed by atoms with Crippen LogP contribution in [0.15, 0.2) is 60.7 Å². The molecule has 0 saturated carbocycles. The summed E-state index contributed by atoms with van der Waals surface area (Å²) in [4.78, 5) is 16.9. The highest BCUT2D eigenvalue weighted by molar-refractivity contribution is 5.87. The third-order valence-corrected chi connectivity index (χ3v) is 5.80. The number of anilines is 2. The summed E-state index contributed by atoms with van der Waals surface area (Å²) in [6, 6.07) is 18.3. The lowest BCUT2D eigenvalue weighted by Gasteiger charge is -2.17. The van der Waals surface area contributed by atoms with Crippen LogP contribution in [-0.2, 0) is 29.0 Å². The van der Waals surface area contributed by atoms with Crippen LogP contribution in [0.1, 0.15) is 28.8 Å². The number of nitrogens with zero attached hydrogens (tertiary/aromatic N) is 1. The van der Waals surface area contributed by atoms with Crippen molar-refractivity contribution in [1.82, 2.24) is 4.98 Å². The summed E-state index contributed by atoms with van der Waals surface area (Å²) in [5.41, 5.74) is 10.5. The van der Waals surface area contributed by atoms with Crippen LogP contribution in [0.5, 0.6) is 5.75 Å². The Hall–Kier alpha value is -3.91. The zero-order chi connectivity index (χ0) is 24.5. The number of benzene rings is 2. The maximum atomic E-state index is 12.2. The molecule has 182 valence electrons. The van der Waals surface area contributed by atoms with Gasteiger partial charge >= 0.3 is 5.97 Å². The lowest BCUT2D eigenvalue weighted by Crippen LogP contribution is -2.38. The molecule has 4 rings (SSSR count). The highest BCUT2D eigenvalue weighted by Gasteiger charge is 2.16. The van der Waals surface area contributed by atoms with Crippen LogP contribution in [0.25, 0.3) is 0 Å². The largest absolute Gasteiger partial charge is 0.493 e. The van der Waals surface area contributed by atoms with Crippen molar-refractivity contribution in [3.63, 3.8) is 0 Å². The Kier molecular flexibility index (Phi) is 8.30. The third-order valence-electron chi connectivity index (χ3n) is 5.80. The summed E-state index contributed by atoms with van der Waals surface area (Å²) in [6.45, 7) is 1.82. The van der Waals surface area contributed by atoms with Crippen LogP contribution in [0, 0.1) is 5.41 Å². The number of esters is 1. The number of aryl methyl sites for hydroxylation is 1. The fraction of sp³-hybridized carbons (Fsp3) is 0.296. The summed E-state index contributed by atoms with van der Waals surface area (Å²) in [6.07, 6.45) is 4.14. The van der Waals surface area contributed by atoms with Gasteiger partial charge in [-0.3, -0.25) is 4.79 Å². The zero-order valence-corrected chi connectivity index (χ0v) is 19.6. The minimum atomic E-state index is -0.827. The maximum absolute atomic E-state index is 12.2. The van der Waals surface area contributed by atoms with E-state index in [1.54, 1.807) is 6.07 Å². The Morgan fingerprint density at radius 1 is 1.20 bits per heavy atom. The van der Waals surface area contributed by atoms with Gasteiger partial charge < -0.3 is 31.3 Å². The van der Waals surface area contributed by atoms with Crippen molar-refractivity contribution in [2.24, 2.45) is 5.73 Å². The topological polar surface area (TPSA) is 122 Å². The second-order valence-electron chi connectivity index (χ2n) is 8.41. The molecular formula is C27H31N5O3. The number of pyridine rings is 1. The van der Waals surface area contributed by atoms with Crippen molar-refractivity contribution in [1.29, 1.82) is 5.41 Å². The van der Waals surface area contributed by atoms with E-state index in [-0.39, 0.29) is 13.2 Å². The van der Waals surface area contributed by atoms with Crippen molar-refractivity contribution < 1.29 is 14.3 Å². The summed E-state index contributed by atoms with van der Waals surface area (Å²) in [7, 11) is 0. The number of hydrogen-bond donors (Lipinski definition) is 4. The van der Waals surface area contributed by atoms with E-state index < -0.39 is 12.0 Å². The van der Waals surface area contributed by atoms with E-state index in [0.29, 0.717) is 30.0 Å². The fourth-order valence-electron chi connectivity index (χ4n) is 3.83. The Morgan fingerprint density at radius 2 is 2.06 bits per heavy atom. The minimum Gasteiger partial charge on any atom is -0.493 e. The SMILES string of the molecule is N=Cc1cc(OCCc2ccc3c(n2)NCCC3)ccc1NCC(N)C(=O)OCc1ccccc1. The molecule has 0 radical (unpaired) electrons. The van der Waals surface area contributed by atoms with Gasteiger partial charge in [-0.2, -0.15) is 0 Å². The maximum Gasteiger partial charge on any atom is 0.325 e. The van der Waals surface area contributed by atoms with E-state index >= 15 is 0 Å². The molecule has 35 heavy (non-hydrogen) atoms. The van der Waals surface area contributed by atoms with Gasteiger partial charge in [-0.15, -0.1) is 0 Å². The van der Waals surface area contributed by atoms with Crippen molar-refractivity contribution in [3.8, 4) is 5.75 Å². The van der Waals surface area contributed by atoms with Gasteiger partial charge in [-0.25, -0.2) is 4.98 Å². The van der Waals surface area contributed by atoms with Crippen molar-refractivity contribution >= 4 is 23.7 Å². The monoisotopic (exact) mass is 473 g/mol. The summed E-state index contributed by atoms with van der Waals surface area (Å²) in [5, 5.41) is 14.2. The Labute approximate surface area is 205 Å². The predicted molar refractivity (Wildman–Crippen MR) is 137 cm³/mol. The Morgan fingerprint density at radius 3 is 2.89 bits per heavy atom. The second kappa shape index (κ2) is 12.0. The normalized spacial score (nSPS) is 13.2. The van der Waals surface area contributed by atoms with E-state index in [4.69, 9.17) is 25.6 Å². The number of rotatable bonds is 11. The van der Waals surface area contributed by atoms with Gasteiger partial charge in [0.15, 0.2) is 0 Å². The van der Waals surface area contributed by atoms with Crippen LogP contribution >= 0.6 is 0 Å². The molecule has 1 unspecified atom stereocenters. The van der Waals surface area contributed by atoms with Crippen molar-refractivity contribution in [3.05, 3.63) is 83.0 Å². The standard InChI is InChI=1S/C27H31N5O3/c28-16-21-15-23(34-14-12-22-9-8-20-7-4-13-30-26(20)32-22)10-11-25(21)31-17-24(29)27(33)35-18-19-5-2-1-3-6-19/h1-3,5-6,8-11,15-16,24,28,31H,4,7,12-14,17-18,29H2,(H,30,32). The van der Waals surface area contributed by atoms with E-state index in [0.717, 1.165) is 36.5 Å². The van der Waals surface area contributed by atoms with E-state index in [9.17, 15) is 4.79 Å². The summed E-state index contributed by atoms with van der Waals surface area (Å²) in [5.74, 6) is 1.16. The number of nitrogens with one attached hydrogen (secondary N) is 3. The first-order valence-corrected chi connectivity index (χ1v) is 11.8. The molecule has 0 aliphatic carbocycles. The number of nitrogens with two attached hydrogens (primary N) is 1. The van der Waals surface area contributed by atoms with Gasteiger partial charge in [-0.05, 0) is 48.2 Å². The van der Waals surface area contributed by atoms with Gasteiger partial charge in [0.25, 0.3) is 0 Å². The number of fused-ring (bicyclic) bond motifs is 1. The molecule has 0 fully saturated rings. The first-order valence-electron chi connectivity index (χ1n) is 11.8. The average Bonchev–Trinajstić information content (AvgIpc) is 2.91. The lowest BCUT2D eigenvalue weighted by atomic mass is 10.1. The molecule has 8 heteroatoms. The molecule has 1 aromatic heterocycles. The molecule has 0 bridgehead atoms. The first kappa shape index (κ1) is 24.2. The van der Waals surface area contributed by atoms with Gasteiger partial charge in [0.05, 0.1) is 6.61 Å². The van der Waals surface area contributed by atoms with E-state index in [2.05, 4.69) is 22.8 Å². The molecule has 2 aromatic carbocycles. The Balaban J connectivity index is 1.25. The first-order chi connectivity index (χ1) is 17.1. The number of ether oxygens (including phenoxy) is 2. The fourth-order valence-corrected chi connectivity index (χ4v) is 3.83. The number of hydrogen-bond acceptors (Lipinski definition) is 8. The zero-order valence-electron chi connectivity index (χ0n) is 19.6. The molecule has 1 aliphatic heterocycles. The van der Waals surface area contributed by atoms with Crippen LogP contribution in [0.2, 0.25) is 0 Å². The Bertz CT molecular complexity index is 1150. The van der Waals surface area contributed by atoms with Crippen LogP contribution in [0.3, 0.4) is 0 Å².